The number of aromatic amines is 1. The van der Waals surface area contributed by atoms with Crippen LogP contribution in [0.1, 0.15) is 67.2 Å². The number of unbranched alkanes of at least 4 members (excludes halogenated alkanes) is 1. The quantitative estimate of drug-likeness (QED) is 0.198. The van der Waals surface area contributed by atoms with Crippen LogP contribution in [0.4, 0.5) is 0 Å². The summed E-state index contributed by atoms with van der Waals surface area (Å²) in [5.41, 5.74) is 6.71. The minimum Gasteiger partial charge on any atom is -0.296 e. The van der Waals surface area contributed by atoms with Gasteiger partial charge in [0.1, 0.15) is 5.82 Å². The predicted molar refractivity (Wildman–Crippen MR) is 162 cm³/mol. The molecule has 0 saturated carbocycles. The first-order valence-corrected chi connectivity index (χ1v) is 14.4. The van der Waals surface area contributed by atoms with Gasteiger partial charge in [-0.15, -0.1) is 0 Å². The molecule has 7 nitrogen and oxygen atoms in total. The fourth-order valence-electron chi connectivity index (χ4n) is 5.41. The normalized spacial score (nSPS) is 12.0. The van der Waals surface area contributed by atoms with Crippen LogP contribution in [-0.2, 0) is 19.4 Å². The van der Waals surface area contributed by atoms with E-state index < -0.39 is 5.76 Å². The Kier molecular flexibility index (Phi) is 8.73. The van der Waals surface area contributed by atoms with Crippen LogP contribution in [0.3, 0.4) is 0 Å². The van der Waals surface area contributed by atoms with Gasteiger partial charge in [-0.05, 0) is 48.4 Å². The van der Waals surface area contributed by atoms with Crippen LogP contribution < -0.4 is 11.3 Å². The lowest BCUT2D eigenvalue weighted by atomic mass is 9.95. The Morgan fingerprint density at radius 2 is 1.61 bits per heavy atom. The molecule has 0 fully saturated rings. The van der Waals surface area contributed by atoms with Crippen molar-refractivity contribution in [1.82, 2.24) is 19.7 Å². The average Bonchev–Trinajstić information content (AvgIpc) is 3.44. The number of rotatable bonds is 11. The summed E-state index contributed by atoms with van der Waals surface area (Å²) in [7, 11) is 0. The Bertz CT molecular complexity index is 1720. The first-order valence-electron chi connectivity index (χ1n) is 14.4. The Balaban J connectivity index is 1.47. The van der Waals surface area contributed by atoms with Crippen LogP contribution in [0.15, 0.2) is 93.0 Å². The van der Waals surface area contributed by atoms with Crippen LogP contribution >= 0.6 is 0 Å². The molecule has 0 radical (unpaired) electrons. The number of nitrogens with zero attached hydrogens (tertiary/aromatic N) is 3. The van der Waals surface area contributed by atoms with Gasteiger partial charge in [0.15, 0.2) is 5.82 Å². The molecule has 3 aromatic carbocycles. The molecule has 210 valence electrons. The van der Waals surface area contributed by atoms with Crippen molar-refractivity contribution in [2.75, 3.05) is 0 Å². The van der Waals surface area contributed by atoms with E-state index in [1.165, 1.54) is 5.56 Å². The van der Waals surface area contributed by atoms with E-state index in [1.807, 2.05) is 54.0 Å². The van der Waals surface area contributed by atoms with Crippen molar-refractivity contribution < 1.29 is 4.52 Å². The maximum Gasteiger partial charge on any atom is 0.439 e. The Morgan fingerprint density at radius 3 is 2.27 bits per heavy atom. The van der Waals surface area contributed by atoms with E-state index in [4.69, 9.17) is 9.51 Å². The fourth-order valence-corrected chi connectivity index (χ4v) is 5.41. The second-order valence-electron chi connectivity index (χ2n) is 10.5. The average molecular weight is 549 g/mol. The second-order valence-corrected chi connectivity index (χ2v) is 10.5. The molecule has 2 aromatic heterocycles. The highest BCUT2D eigenvalue weighted by molar-refractivity contribution is 5.80. The van der Waals surface area contributed by atoms with Gasteiger partial charge < -0.3 is 0 Å². The molecule has 5 rings (SSSR count). The molecule has 0 saturated heterocycles. The molecular weight excluding hydrogens is 512 g/mol. The molecule has 0 aliphatic carbocycles. The summed E-state index contributed by atoms with van der Waals surface area (Å²) < 4.78 is 6.59. The number of H-pyrrole nitrogens is 1. The topological polar surface area (TPSA) is 93.8 Å². The van der Waals surface area contributed by atoms with Gasteiger partial charge >= 0.3 is 5.76 Å². The van der Waals surface area contributed by atoms with Gasteiger partial charge in [0.05, 0.1) is 5.69 Å². The second kappa shape index (κ2) is 12.8. The van der Waals surface area contributed by atoms with Crippen molar-refractivity contribution in [3.8, 4) is 22.5 Å². The Hall–Kier alpha value is -4.52. The minimum atomic E-state index is -0.588. The van der Waals surface area contributed by atoms with Gasteiger partial charge in [-0.25, -0.2) is 9.78 Å². The van der Waals surface area contributed by atoms with Crippen molar-refractivity contribution in [1.29, 1.82) is 0 Å². The molecule has 0 bridgehead atoms. The Morgan fingerprint density at radius 1 is 0.902 bits per heavy atom. The first kappa shape index (κ1) is 28.0. The van der Waals surface area contributed by atoms with E-state index in [-0.39, 0.29) is 11.5 Å². The lowest BCUT2D eigenvalue weighted by Crippen LogP contribution is -2.31. The SMILES string of the molecule is CCCCc1nc(C)n(CC(CC)c2ccccc2)c(=O)c1Cc1ccc(-c2ccccc2-c2noc(=O)[nH]2)cc1. The van der Waals surface area contributed by atoms with E-state index >= 15 is 0 Å². The lowest BCUT2D eigenvalue weighted by molar-refractivity contribution is 0.388. The number of nitrogens with one attached hydrogen (secondary N) is 1. The summed E-state index contributed by atoms with van der Waals surface area (Å²) in [5, 5.41) is 3.86. The van der Waals surface area contributed by atoms with Crippen molar-refractivity contribution in [3.05, 3.63) is 128 Å². The van der Waals surface area contributed by atoms with Crippen molar-refractivity contribution in [3.63, 3.8) is 0 Å². The van der Waals surface area contributed by atoms with Gasteiger partial charge in [0.2, 0.25) is 0 Å². The monoisotopic (exact) mass is 548 g/mol. The van der Waals surface area contributed by atoms with Crippen LogP contribution in [0.2, 0.25) is 0 Å². The van der Waals surface area contributed by atoms with Gasteiger partial charge in [-0.1, -0.05) is 104 Å². The summed E-state index contributed by atoms with van der Waals surface area (Å²) in [6, 6.07) is 26.3. The maximum absolute atomic E-state index is 14.0. The van der Waals surface area contributed by atoms with E-state index in [0.717, 1.165) is 65.0 Å². The van der Waals surface area contributed by atoms with Crippen LogP contribution in [-0.4, -0.2) is 19.7 Å². The van der Waals surface area contributed by atoms with Gasteiger partial charge in [-0.3, -0.25) is 18.9 Å². The Labute approximate surface area is 239 Å². The molecule has 0 aliphatic heterocycles. The molecule has 0 amide bonds. The number of benzene rings is 3. The van der Waals surface area contributed by atoms with E-state index in [2.05, 4.69) is 60.4 Å². The molecule has 0 spiro atoms. The summed E-state index contributed by atoms with van der Waals surface area (Å²) in [6.45, 7) is 6.89. The van der Waals surface area contributed by atoms with Crippen LogP contribution in [0.25, 0.3) is 22.5 Å². The van der Waals surface area contributed by atoms with Crippen molar-refractivity contribution in [2.24, 2.45) is 0 Å². The molecule has 0 aliphatic rings. The van der Waals surface area contributed by atoms with Crippen LogP contribution in [0.5, 0.6) is 0 Å². The first-order chi connectivity index (χ1) is 20.0. The van der Waals surface area contributed by atoms with Gasteiger partial charge in [-0.2, -0.15) is 0 Å². The molecule has 7 heteroatoms. The summed E-state index contributed by atoms with van der Waals surface area (Å²) in [5.74, 6) is 0.817. The van der Waals surface area contributed by atoms with Gasteiger partial charge in [0.25, 0.3) is 5.56 Å². The highest BCUT2D eigenvalue weighted by atomic mass is 16.5. The van der Waals surface area contributed by atoms with E-state index in [0.29, 0.717) is 18.8 Å². The predicted octanol–water partition coefficient (Wildman–Crippen LogP) is 6.69. The third-order valence-corrected chi connectivity index (χ3v) is 7.74. The third kappa shape index (κ3) is 6.30. The largest absolute Gasteiger partial charge is 0.439 e. The fraction of sp³-hybridized carbons (Fsp3) is 0.294. The number of hydrogen-bond donors (Lipinski definition) is 1. The molecule has 1 unspecified atom stereocenters. The highest BCUT2D eigenvalue weighted by Gasteiger charge is 2.19. The number of aryl methyl sites for hydroxylation is 2. The summed E-state index contributed by atoms with van der Waals surface area (Å²) in [4.78, 5) is 33.2. The number of hydrogen-bond acceptors (Lipinski definition) is 5. The minimum absolute atomic E-state index is 0.0578. The number of aromatic nitrogens is 4. The zero-order chi connectivity index (χ0) is 28.8. The molecule has 2 heterocycles. The zero-order valence-electron chi connectivity index (χ0n) is 23.9. The lowest BCUT2D eigenvalue weighted by Gasteiger charge is -2.21. The molecule has 41 heavy (non-hydrogen) atoms. The van der Waals surface area contributed by atoms with Crippen LogP contribution in [0, 0.1) is 6.92 Å². The standard InChI is InChI=1S/C34H36N4O3/c1-4-6-16-31-30(33(39)38(23(3)35-31)22-25(5-2)26-12-8-7-9-13-26)21-24-17-19-27(20-18-24)28-14-10-11-15-29(28)32-36-34(40)41-37-32/h7-15,17-20,25H,4-6,16,21-22H2,1-3H3,(H,36,37,40). The highest BCUT2D eigenvalue weighted by Crippen LogP contribution is 2.30. The maximum atomic E-state index is 14.0. The molecule has 1 atom stereocenters. The third-order valence-electron chi connectivity index (χ3n) is 7.74. The molecular formula is C34H36N4O3. The van der Waals surface area contributed by atoms with E-state index in [9.17, 15) is 9.59 Å². The summed E-state index contributed by atoms with van der Waals surface area (Å²) >= 11 is 0. The summed E-state index contributed by atoms with van der Waals surface area (Å²) in [6.07, 6.45) is 4.28. The van der Waals surface area contributed by atoms with Crippen molar-refractivity contribution in [2.45, 2.75) is 65.3 Å². The smallest absolute Gasteiger partial charge is 0.296 e. The molecule has 5 aromatic rings. The zero-order valence-corrected chi connectivity index (χ0v) is 23.9. The van der Waals surface area contributed by atoms with Crippen molar-refractivity contribution >= 4 is 0 Å². The molecule has 1 N–H and O–H groups in total. The van der Waals surface area contributed by atoms with Gasteiger partial charge in [0, 0.05) is 30.0 Å². The van der Waals surface area contributed by atoms with E-state index in [1.54, 1.807) is 0 Å².